The molecular weight excluding hydrogens is 344 g/mol. The molecule has 0 aliphatic heterocycles. The molecule has 28 heavy (non-hydrogen) atoms. The van der Waals surface area contributed by atoms with Crippen LogP contribution in [0.15, 0.2) is 36.5 Å². The van der Waals surface area contributed by atoms with E-state index in [2.05, 4.69) is 43.4 Å². The average molecular weight is 391 g/mol. The van der Waals surface area contributed by atoms with Crippen LogP contribution in [0.3, 0.4) is 0 Å². The molecule has 162 valence electrons. The monoisotopic (exact) mass is 390 g/mol. The Morgan fingerprint density at radius 1 is 0.571 bits per heavy atom. The summed E-state index contributed by atoms with van der Waals surface area (Å²) in [5, 5.41) is 8.54. The Hall–Kier alpha value is -1.31. The normalized spacial score (nSPS) is 12.0. The Morgan fingerprint density at radius 2 is 0.964 bits per heavy atom. The van der Waals surface area contributed by atoms with E-state index in [1.54, 1.807) is 0 Å². The minimum absolute atomic E-state index is 0.268. The van der Waals surface area contributed by atoms with Crippen LogP contribution in [0, 0.1) is 0 Å². The highest BCUT2D eigenvalue weighted by Crippen LogP contribution is 2.12. The van der Waals surface area contributed by atoms with Crippen LogP contribution in [0.25, 0.3) is 0 Å². The molecule has 0 aromatic heterocycles. The van der Waals surface area contributed by atoms with Gasteiger partial charge in [0.1, 0.15) is 0 Å². The van der Waals surface area contributed by atoms with Crippen LogP contribution in [0.4, 0.5) is 0 Å². The van der Waals surface area contributed by atoms with Crippen molar-refractivity contribution in [3.8, 4) is 0 Å². The second-order valence-electron chi connectivity index (χ2n) is 7.85. The maximum atomic E-state index is 10.4. The highest BCUT2D eigenvalue weighted by Gasteiger charge is 1.93. The molecule has 0 heterocycles. The van der Waals surface area contributed by atoms with Gasteiger partial charge in [-0.2, -0.15) is 0 Å². The number of carboxylic acids is 1. The standard InChI is InChI=1S/C26H46O2/c1-2-3-4-5-6-7-8-9-10-11-12-13-14-15-16-17-18-19-20-21-22-23-24-25-26(27)28/h15-16,18-19,21-22H,2-14,17,20,23-25H2,1H3,(H,27,28)/b16-15+,19-18+,22-21+. The van der Waals surface area contributed by atoms with Crippen LogP contribution in [0.2, 0.25) is 0 Å². The van der Waals surface area contributed by atoms with Crippen molar-refractivity contribution in [2.75, 3.05) is 0 Å². The lowest BCUT2D eigenvalue weighted by Gasteiger charge is -2.02. The third-order valence-corrected chi connectivity index (χ3v) is 5.03. The van der Waals surface area contributed by atoms with Gasteiger partial charge in [-0.25, -0.2) is 0 Å². The molecule has 0 aromatic carbocycles. The maximum absolute atomic E-state index is 10.4. The lowest BCUT2D eigenvalue weighted by molar-refractivity contribution is -0.137. The SMILES string of the molecule is CCCCCCCCCCCCCC/C=C/C/C=C/C/C=C/CCCC(=O)O. The number of hydrogen-bond acceptors (Lipinski definition) is 1. The fourth-order valence-corrected chi connectivity index (χ4v) is 3.25. The van der Waals surface area contributed by atoms with Gasteiger partial charge in [-0.3, -0.25) is 4.79 Å². The molecule has 0 atom stereocenters. The number of unbranched alkanes of at least 4 members (excludes halogenated alkanes) is 13. The Morgan fingerprint density at radius 3 is 1.43 bits per heavy atom. The van der Waals surface area contributed by atoms with Gasteiger partial charge in [-0.05, 0) is 38.5 Å². The van der Waals surface area contributed by atoms with Crippen molar-refractivity contribution in [1.29, 1.82) is 0 Å². The molecule has 0 fully saturated rings. The van der Waals surface area contributed by atoms with Gasteiger partial charge in [0.15, 0.2) is 0 Å². The van der Waals surface area contributed by atoms with E-state index in [0.717, 1.165) is 25.7 Å². The van der Waals surface area contributed by atoms with Crippen LogP contribution in [-0.4, -0.2) is 11.1 Å². The fourth-order valence-electron chi connectivity index (χ4n) is 3.25. The van der Waals surface area contributed by atoms with E-state index in [4.69, 9.17) is 5.11 Å². The van der Waals surface area contributed by atoms with Crippen LogP contribution in [0.5, 0.6) is 0 Å². The number of rotatable bonds is 21. The van der Waals surface area contributed by atoms with Gasteiger partial charge in [0.25, 0.3) is 0 Å². The molecule has 0 amide bonds. The molecular formula is C26H46O2. The van der Waals surface area contributed by atoms with Gasteiger partial charge in [-0.1, -0.05) is 114 Å². The van der Waals surface area contributed by atoms with E-state index in [9.17, 15) is 4.79 Å². The molecule has 2 nitrogen and oxygen atoms in total. The summed E-state index contributed by atoms with van der Waals surface area (Å²) in [7, 11) is 0. The first-order valence-electron chi connectivity index (χ1n) is 11.9. The molecule has 1 N–H and O–H groups in total. The average Bonchev–Trinajstić information content (AvgIpc) is 2.68. The summed E-state index contributed by atoms with van der Waals surface area (Å²) in [4.78, 5) is 10.4. The first kappa shape index (κ1) is 26.7. The van der Waals surface area contributed by atoms with Crippen molar-refractivity contribution in [1.82, 2.24) is 0 Å². The third kappa shape index (κ3) is 24.7. The van der Waals surface area contributed by atoms with Crippen LogP contribution >= 0.6 is 0 Å². The predicted octanol–water partition coefficient (Wildman–Crippen LogP) is 8.78. The Balaban J connectivity index is 3.23. The first-order valence-corrected chi connectivity index (χ1v) is 11.9. The number of allylic oxidation sites excluding steroid dienone is 6. The molecule has 2 heteroatoms. The lowest BCUT2D eigenvalue weighted by Crippen LogP contribution is -1.92. The molecule has 0 aliphatic carbocycles. The minimum Gasteiger partial charge on any atom is -0.481 e. The molecule has 0 radical (unpaired) electrons. The van der Waals surface area contributed by atoms with Crippen molar-refractivity contribution in [2.45, 2.75) is 122 Å². The van der Waals surface area contributed by atoms with E-state index in [0.29, 0.717) is 0 Å². The van der Waals surface area contributed by atoms with Gasteiger partial charge in [0, 0.05) is 6.42 Å². The van der Waals surface area contributed by atoms with E-state index < -0.39 is 5.97 Å². The van der Waals surface area contributed by atoms with Crippen molar-refractivity contribution in [3.05, 3.63) is 36.5 Å². The summed E-state index contributed by atoms with van der Waals surface area (Å²) >= 11 is 0. The van der Waals surface area contributed by atoms with E-state index in [1.165, 1.54) is 83.5 Å². The van der Waals surface area contributed by atoms with Crippen LogP contribution < -0.4 is 0 Å². The number of hydrogen-bond donors (Lipinski definition) is 1. The van der Waals surface area contributed by atoms with Gasteiger partial charge in [0.2, 0.25) is 0 Å². The molecule has 0 spiro atoms. The van der Waals surface area contributed by atoms with Crippen molar-refractivity contribution >= 4 is 5.97 Å². The quantitative estimate of drug-likeness (QED) is 0.157. The molecule has 0 bridgehead atoms. The number of carboxylic acid groups (broad SMARTS) is 1. The van der Waals surface area contributed by atoms with E-state index in [1.807, 2.05) is 0 Å². The highest BCUT2D eigenvalue weighted by atomic mass is 16.4. The number of carbonyl (C=O) groups is 1. The Kier molecular flexibility index (Phi) is 22.6. The summed E-state index contributed by atoms with van der Waals surface area (Å²) in [6, 6.07) is 0. The summed E-state index contributed by atoms with van der Waals surface area (Å²) in [5.41, 5.74) is 0. The van der Waals surface area contributed by atoms with E-state index >= 15 is 0 Å². The zero-order valence-corrected chi connectivity index (χ0v) is 18.5. The van der Waals surface area contributed by atoms with Gasteiger partial charge < -0.3 is 5.11 Å². The van der Waals surface area contributed by atoms with Crippen LogP contribution in [0.1, 0.15) is 122 Å². The van der Waals surface area contributed by atoms with Crippen molar-refractivity contribution in [2.24, 2.45) is 0 Å². The van der Waals surface area contributed by atoms with Gasteiger partial charge >= 0.3 is 5.97 Å². The third-order valence-electron chi connectivity index (χ3n) is 5.03. The zero-order valence-electron chi connectivity index (χ0n) is 18.5. The van der Waals surface area contributed by atoms with E-state index in [-0.39, 0.29) is 6.42 Å². The smallest absolute Gasteiger partial charge is 0.303 e. The molecule has 0 rings (SSSR count). The van der Waals surface area contributed by atoms with Crippen molar-refractivity contribution < 1.29 is 9.90 Å². The second kappa shape index (κ2) is 23.7. The molecule has 0 saturated heterocycles. The molecule has 0 aromatic rings. The number of aliphatic carboxylic acids is 1. The van der Waals surface area contributed by atoms with Crippen LogP contribution in [-0.2, 0) is 4.79 Å². The lowest BCUT2D eigenvalue weighted by atomic mass is 10.0. The predicted molar refractivity (Wildman–Crippen MR) is 124 cm³/mol. The first-order chi connectivity index (χ1) is 13.8. The Labute approximate surface area is 175 Å². The topological polar surface area (TPSA) is 37.3 Å². The Bertz CT molecular complexity index is 407. The van der Waals surface area contributed by atoms with Crippen molar-refractivity contribution in [3.63, 3.8) is 0 Å². The minimum atomic E-state index is -0.705. The summed E-state index contributed by atoms with van der Waals surface area (Å²) in [6.45, 7) is 2.28. The van der Waals surface area contributed by atoms with Gasteiger partial charge in [0.05, 0.1) is 0 Å². The highest BCUT2D eigenvalue weighted by molar-refractivity contribution is 5.66. The van der Waals surface area contributed by atoms with Gasteiger partial charge in [-0.15, -0.1) is 0 Å². The maximum Gasteiger partial charge on any atom is 0.303 e. The largest absolute Gasteiger partial charge is 0.481 e. The molecule has 0 aliphatic rings. The summed E-state index contributed by atoms with van der Waals surface area (Å²) in [5.74, 6) is -0.705. The second-order valence-corrected chi connectivity index (χ2v) is 7.85. The molecule has 0 unspecified atom stereocenters. The summed E-state index contributed by atoms with van der Waals surface area (Å²) in [6.07, 6.45) is 35.2. The zero-order chi connectivity index (χ0) is 20.5. The molecule has 0 saturated carbocycles. The summed E-state index contributed by atoms with van der Waals surface area (Å²) < 4.78 is 0. The fraction of sp³-hybridized carbons (Fsp3) is 0.731.